The molecule has 1 unspecified atom stereocenters. The topological polar surface area (TPSA) is 120 Å². The van der Waals surface area contributed by atoms with E-state index in [9.17, 15) is 24.0 Å². The minimum Gasteiger partial charge on any atom is -0.465 e. The van der Waals surface area contributed by atoms with Gasteiger partial charge in [0.15, 0.2) is 5.41 Å². The van der Waals surface area contributed by atoms with Crippen molar-refractivity contribution in [1.29, 1.82) is 0 Å². The molecule has 0 bridgehead atoms. The number of carbonyl (C=O) groups is 5. The summed E-state index contributed by atoms with van der Waals surface area (Å²) in [6, 6.07) is 2.98. The number of hydrogen-bond acceptors (Lipinski definition) is 8. The van der Waals surface area contributed by atoms with Gasteiger partial charge in [-0.15, -0.1) is 0 Å². The van der Waals surface area contributed by atoms with Crippen LogP contribution in [0.5, 0.6) is 0 Å². The molecule has 0 spiro atoms. The lowest BCUT2D eigenvalue weighted by molar-refractivity contribution is -0.167. The van der Waals surface area contributed by atoms with Gasteiger partial charge in [0.1, 0.15) is 0 Å². The monoisotopic (exact) mass is 460 g/mol. The average molecular weight is 460 g/mol. The van der Waals surface area contributed by atoms with Gasteiger partial charge in [-0.05, 0) is 39.8 Å². The Labute approximate surface area is 191 Å². The van der Waals surface area contributed by atoms with Crippen LogP contribution in [-0.4, -0.2) is 63.6 Å². The molecule has 2 aliphatic heterocycles. The predicted octanol–water partition coefficient (Wildman–Crippen LogP) is 1.21. The first-order valence-electron chi connectivity index (χ1n) is 10.8. The van der Waals surface area contributed by atoms with Crippen LogP contribution < -0.4 is 9.80 Å². The largest absolute Gasteiger partial charge is 0.465 e. The van der Waals surface area contributed by atoms with Crippen molar-refractivity contribution >= 4 is 41.1 Å². The van der Waals surface area contributed by atoms with E-state index in [4.69, 9.17) is 14.2 Å². The maximum Gasteiger partial charge on any atom is 0.328 e. The van der Waals surface area contributed by atoms with Gasteiger partial charge in [0.05, 0.1) is 26.2 Å². The maximum absolute atomic E-state index is 13.2. The van der Waals surface area contributed by atoms with Crippen LogP contribution in [0.4, 0.5) is 11.4 Å². The number of nitrogens with zero attached hydrogens (tertiary/aromatic N) is 2. The SMILES string of the molecule is CCOC(=O)C1(C)C(=O)N(C)c2cc3c(cc21)N(C)C(=O)CC3(C(=O)OCC)C(=O)OCC. The first kappa shape index (κ1) is 24.2. The van der Waals surface area contributed by atoms with Gasteiger partial charge in [-0.2, -0.15) is 0 Å². The summed E-state index contributed by atoms with van der Waals surface area (Å²) < 4.78 is 15.6. The summed E-state index contributed by atoms with van der Waals surface area (Å²) in [7, 11) is 2.99. The highest BCUT2D eigenvalue weighted by Gasteiger charge is 2.59. The fraction of sp³-hybridized carbons (Fsp3) is 0.522. The van der Waals surface area contributed by atoms with Crippen LogP contribution in [0.3, 0.4) is 0 Å². The van der Waals surface area contributed by atoms with E-state index in [0.717, 1.165) is 0 Å². The van der Waals surface area contributed by atoms with Crippen molar-refractivity contribution in [2.45, 2.75) is 44.9 Å². The summed E-state index contributed by atoms with van der Waals surface area (Å²) in [6.07, 6.45) is -0.486. The van der Waals surface area contributed by atoms with Gasteiger partial charge in [0.25, 0.3) is 0 Å². The van der Waals surface area contributed by atoms with Gasteiger partial charge in [0, 0.05) is 36.6 Å². The number of hydrogen-bond donors (Lipinski definition) is 0. The smallest absolute Gasteiger partial charge is 0.328 e. The van der Waals surface area contributed by atoms with Gasteiger partial charge in [-0.3, -0.25) is 24.0 Å². The van der Waals surface area contributed by atoms with E-state index in [2.05, 4.69) is 0 Å². The lowest BCUT2D eigenvalue weighted by Crippen LogP contribution is -2.53. The minimum atomic E-state index is -2.03. The van der Waals surface area contributed by atoms with Gasteiger partial charge in [0.2, 0.25) is 17.2 Å². The molecule has 2 heterocycles. The summed E-state index contributed by atoms with van der Waals surface area (Å²) in [4.78, 5) is 67.8. The highest BCUT2D eigenvalue weighted by molar-refractivity contribution is 6.22. The molecular weight excluding hydrogens is 432 g/mol. The first-order chi connectivity index (χ1) is 15.5. The Morgan fingerprint density at radius 2 is 1.27 bits per heavy atom. The fourth-order valence-corrected chi connectivity index (χ4v) is 4.44. The van der Waals surface area contributed by atoms with Crippen LogP contribution >= 0.6 is 0 Å². The highest BCUT2D eigenvalue weighted by Crippen LogP contribution is 2.50. The number of esters is 3. The third-order valence-electron chi connectivity index (χ3n) is 6.29. The molecule has 10 nitrogen and oxygen atoms in total. The van der Waals surface area contributed by atoms with Crippen molar-refractivity contribution in [2.75, 3.05) is 43.7 Å². The van der Waals surface area contributed by atoms with Crippen molar-refractivity contribution in [1.82, 2.24) is 0 Å². The van der Waals surface area contributed by atoms with E-state index in [1.54, 1.807) is 20.8 Å². The van der Waals surface area contributed by atoms with E-state index in [1.807, 2.05) is 0 Å². The summed E-state index contributed by atoms with van der Waals surface area (Å²) >= 11 is 0. The van der Waals surface area contributed by atoms with Crippen molar-refractivity contribution < 1.29 is 38.2 Å². The first-order valence-corrected chi connectivity index (χ1v) is 10.8. The second-order valence-electron chi connectivity index (χ2n) is 8.07. The van der Waals surface area contributed by atoms with Crippen molar-refractivity contribution in [3.8, 4) is 0 Å². The molecule has 33 heavy (non-hydrogen) atoms. The Kier molecular flexibility index (Phi) is 6.23. The summed E-state index contributed by atoms with van der Waals surface area (Å²) in [5.74, 6) is -3.59. The maximum atomic E-state index is 13.2. The fourth-order valence-electron chi connectivity index (χ4n) is 4.44. The third-order valence-corrected chi connectivity index (χ3v) is 6.29. The molecule has 1 aromatic carbocycles. The standard InChI is InChI=1S/C23H28N2O8/c1-7-31-19(28)22(4)13-10-16-14(11-15(13)25(6)18(22)27)23(20(29)32-8-2,21(30)33-9-3)12-17(26)24(16)5/h10-11H,7-9,12H2,1-6H3. The zero-order valence-electron chi connectivity index (χ0n) is 19.6. The number of rotatable bonds is 6. The van der Waals surface area contributed by atoms with Gasteiger partial charge in [-0.25, -0.2) is 0 Å². The van der Waals surface area contributed by atoms with E-state index < -0.39 is 47.0 Å². The molecule has 0 fully saturated rings. The molecular formula is C23H28N2O8. The van der Waals surface area contributed by atoms with E-state index in [-0.39, 0.29) is 31.1 Å². The van der Waals surface area contributed by atoms with Gasteiger partial charge >= 0.3 is 17.9 Å². The van der Waals surface area contributed by atoms with E-state index in [0.29, 0.717) is 11.3 Å². The molecule has 1 aromatic rings. The minimum absolute atomic E-state index is 0.0103. The summed E-state index contributed by atoms with van der Waals surface area (Å²) in [6.45, 7) is 6.34. The van der Waals surface area contributed by atoms with Crippen LogP contribution in [0.15, 0.2) is 12.1 Å². The molecule has 1 atom stereocenters. The molecule has 0 saturated heterocycles. The number of benzene rings is 1. The number of anilines is 2. The van der Waals surface area contributed by atoms with Crippen LogP contribution in [0, 0.1) is 0 Å². The lowest BCUT2D eigenvalue weighted by atomic mass is 9.72. The second kappa shape index (κ2) is 8.49. The van der Waals surface area contributed by atoms with Crippen LogP contribution in [0.1, 0.15) is 45.2 Å². The molecule has 2 aliphatic rings. The van der Waals surface area contributed by atoms with Crippen molar-refractivity contribution in [2.24, 2.45) is 0 Å². The quantitative estimate of drug-likeness (QED) is 0.353. The van der Waals surface area contributed by atoms with Crippen LogP contribution in [0.2, 0.25) is 0 Å². The second-order valence-corrected chi connectivity index (χ2v) is 8.07. The molecule has 0 radical (unpaired) electrons. The molecule has 0 N–H and O–H groups in total. The molecule has 0 aliphatic carbocycles. The Morgan fingerprint density at radius 1 is 0.818 bits per heavy atom. The number of ether oxygens (including phenoxy) is 3. The number of fused-ring (bicyclic) bond motifs is 2. The third kappa shape index (κ3) is 3.27. The highest BCUT2D eigenvalue weighted by atomic mass is 16.6. The Balaban J connectivity index is 2.36. The zero-order chi connectivity index (χ0) is 24.7. The van der Waals surface area contributed by atoms with Crippen molar-refractivity contribution in [3.63, 3.8) is 0 Å². The van der Waals surface area contributed by atoms with Crippen molar-refractivity contribution in [3.05, 3.63) is 23.3 Å². The van der Waals surface area contributed by atoms with Crippen LogP contribution in [0.25, 0.3) is 0 Å². The Morgan fingerprint density at radius 3 is 1.79 bits per heavy atom. The van der Waals surface area contributed by atoms with Gasteiger partial charge in [-0.1, -0.05) is 0 Å². The normalized spacial score (nSPS) is 20.8. The molecule has 0 saturated carbocycles. The number of amides is 2. The summed E-state index contributed by atoms with van der Waals surface area (Å²) in [5.41, 5.74) is -2.65. The molecule has 2 amide bonds. The van der Waals surface area contributed by atoms with E-state index in [1.165, 1.54) is 43.0 Å². The van der Waals surface area contributed by atoms with E-state index >= 15 is 0 Å². The number of carbonyl (C=O) groups excluding carboxylic acids is 5. The van der Waals surface area contributed by atoms with Crippen LogP contribution in [-0.2, 0) is 49.0 Å². The Bertz CT molecular complexity index is 1030. The molecule has 0 aromatic heterocycles. The van der Waals surface area contributed by atoms with Gasteiger partial charge < -0.3 is 24.0 Å². The summed E-state index contributed by atoms with van der Waals surface area (Å²) in [5, 5.41) is 0. The predicted molar refractivity (Wildman–Crippen MR) is 117 cm³/mol. The molecule has 10 heteroatoms. The average Bonchev–Trinajstić information content (AvgIpc) is 2.97. The zero-order valence-corrected chi connectivity index (χ0v) is 19.6. The lowest BCUT2D eigenvalue weighted by Gasteiger charge is -2.38. The molecule has 178 valence electrons. The molecule has 3 rings (SSSR count). The Hall–Kier alpha value is -3.43. The number of likely N-dealkylation sites (N-methyl/N-ethyl adjacent to an activating group) is 1.